The highest BCUT2D eigenvalue weighted by Crippen LogP contribution is 2.29. The number of nitro groups is 1. The van der Waals surface area contributed by atoms with Gasteiger partial charge in [-0.1, -0.05) is 30.3 Å². The molecule has 0 spiro atoms. The van der Waals surface area contributed by atoms with Crippen LogP contribution in [0.3, 0.4) is 0 Å². The van der Waals surface area contributed by atoms with E-state index in [9.17, 15) is 19.7 Å². The lowest BCUT2D eigenvalue weighted by Crippen LogP contribution is -2.21. The summed E-state index contributed by atoms with van der Waals surface area (Å²) in [5, 5.41) is 13.4. The molecule has 0 aliphatic heterocycles. The van der Waals surface area contributed by atoms with Crippen molar-refractivity contribution < 1.29 is 33.5 Å². The van der Waals surface area contributed by atoms with E-state index in [-0.39, 0.29) is 23.5 Å². The van der Waals surface area contributed by atoms with Gasteiger partial charge in [0.2, 0.25) is 0 Å². The molecule has 0 fully saturated rings. The van der Waals surface area contributed by atoms with Crippen LogP contribution in [0.1, 0.15) is 17.3 Å². The second-order valence-electron chi connectivity index (χ2n) is 7.00. The number of rotatable bonds is 12. The first-order valence-corrected chi connectivity index (χ1v) is 10.8. The largest absolute Gasteiger partial charge is 0.490 e. The molecule has 1 amide bonds. The Morgan fingerprint density at radius 3 is 2.34 bits per heavy atom. The van der Waals surface area contributed by atoms with Gasteiger partial charge in [0.1, 0.15) is 24.7 Å². The Hall–Kier alpha value is -4.60. The maximum atomic E-state index is 12.4. The summed E-state index contributed by atoms with van der Waals surface area (Å²) in [6, 6.07) is 19.5. The first kappa shape index (κ1) is 25.0. The molecule has 0 heterocycles. The quantitative estimate of drug-likeness (QED) is 0.176. The van der Waals surface area contributed by atoms with Gasteiger partial charge in [0.25, 0.3) is 11.6 Å². The standard InChI is InChI=1S/C25H24N2O8/c1-2-32-23-16-18(12-13-22(23)34-15-14-33-19-8-4-3-5-9-19)25(29)35-17-24(28)26-20-10-6-7-11-21(20)27(30)31/h3-13,16H,2,14-15,17H2,1H3,(H,26,28). The van der Waals surface area contributed by atoms with E-state index < -0.39 is 23.4 Å². The van der Waals surface area contributed by atoms with E-state index in [0.717, 1.165) is 5.75 Å². The number of benzene rings is 3. The fourth-order valence-electron chi connectivity index (χ4n) is 2.99. The van der Waals surface area contributed by atoms with Crippen molar-refractivity contribution in [3.05, 3.63) is 88.5 Å². The number of esters is 1. The van der Waals surface area contributed by atoms with Gasteiger partial charge in [0, 0.05) is 6.07 Å². The molecule has 3 aromatic rings. The monoisotopic (exact) mass is 480 g/mol. The smallest absolute Gasteiger partial charge is 0.338 e. The normalized spacial score (nSPS) is 10.2. The number of para-hydroxylation sites is 3. The minimum atomic E-state index is -0.761. The second-order valence-corrected chi connectivity index (χ2v) is 7.00. The highest BCUT2D eigenvalue weighted by atomic mass is 16.6. The lowest BCUT2D eigenvalue weighted by atomic mass is 10.2. The fourth-order valence-corrected chi connectivity index (χ4v) is 2.99. The molecule has 0 saturated heterocycles. The van der Waals surface area contributed by atoms with Gasteiger partial charge in [0.05, 0.1) is 17.1 Å². The molecule has 0 aromatic heterocycles. The third-order valence-corrected chi connectivity index (χ3v) is 4.54. The summed E-state index contributed by atoms with van der Waals surface area (Å²) in [5.41, 5.74) is -0.104. The predicted octanol–water partition coefficient (Wildman–Crippen LogP) is 4.25. The molecule has 182 valence electrons. The molecular formula is C25H24N2O8. The van der Waals surface area contributed by atoms with E-state index in [2.05, 4.69) is 5.32 Å². The molecule has 10 nitrogen and oxygen atoms in total. The number of anilines is 1. The van der Waals surface area contributed by atoms with E-state index in [0.29, 0.717) is 24.7 Å². The Morgan fingerprint density at radius 2 is 1.60 bits per heavy atom. The number of nitrogens with zero attached hydrogens (tertiary/aromatic N) is 1. The zero-order chi connectivity index (χ0) is 25.0. The van der Waals surface area contributed by atoms with E-state index >= 15 is 0 Å². The Morgan fingerprint density at radius 1 is 0.886 bits per heavy atom. The van der Waals surface area contributed by atoms with Crippen LogP contribution in [0.15, 0.2) is 72.8 Å². The number of nitro benzene ring substituents is 1. The van der Waals surface area contributed by atoms with Crippen molar-refractivity contribution in [3.8, 4) is 17.2 Å². The number of amides is 1. The van der Waals surface area contributed by atoms with E-state index in [1.54, 1.807) is 19.1 Å². The Balaban J connectivity index is 1.54. The minimum Gasteiger partial charge on any atom is -0.490 e. The van der Waals surface area contributed by atoms with Gasteiger partial charge in [-0.3, -0.25) is 14.9 Å². The summed E-state index contributed by atoms with van der Waals surface area (Å²) in [7, 11) is 0. The molecule has 0 saturated carbocycles. The minimum absolute atomic E-state index is 0.00919. The van der Waals surface area contributed by atoms with Gasteiger partial charge >= 0.3 is 5.97 Å². The van der Waals surface area contributed by atoms with Crippen LogP contribution in [0.25, 0.3) is 0 Å². The molecule has 35 heavy (non-hydrogen) atoms. The second kappa shape index (κ2) is 12.6. The summed E-state index contributed by atoms with van der Waals surface area (Å²) in [6.45, 7) is 2.08. The number of nitrogens with one attached hydrogen (secondary N) is 1. The van der Waals surface area contributed by atoms with E-state index in [1.165, 1.54) is 30.3 Å². The van der Waals surface area contributed by atoms with Crippen molar-refractivity contribution >= 4 is 23.3 Å². The zero-order valence-electron chi connectivity index (χ0n) is 19.0. The first-order chi connectivity index (χ1) is 17.0. The summed E-state index contributed by atoms with van der Waals surface area (Å²) in [4.78, 5) is 35.0. The molecular weight excluding hydrogens is 456 g/mol. The number of ether oxygens (including phenoxy) is 4. The first-order valence-electron chi connectivity index (χ1n) is 10.8. The predicted molar refractivity (Wildman–Crippen MR) is 127 cm³/mol. The zero-order valence-corrected chi connectivity index (χ0v) is 19.0. The van der Waals surface area contributed by atoms with Crippen LogP contribution >= 0.6 is 0 Å². The summed E-state index contributed by atoms with van der Waals surface area (Å²) in [6.07, 6.45) is 0. The van der Waals surface area contributed by atoms with Gasteiger partial charge in [-0.05, 0) is 43.3 Å². The van der Waals surface area contributed by atoms with Crippen molar-refractivity contribution in [2.45, 2.75) is 6.92 Å². The van der Waals surface area contributed by atoms with Crippen LogP contribution in [0, 0.1) is 10.1 Å². The van der Waals surface area contributed by atoms with Crippen molar-refractivity contribution in [2.24, 2.45) is 0 Å². The molecule has 3 rings (SSSR count). The summed E-state index contributed by atoms with van der Waals surface area (Å²) >= 11 is 0. The highest BCUT2D eigenvalue weighted by Gasteiger charge is 2.17. The highest BCUT2D eigenvalue weighted by molar-refractivity contribution is 5.97. The van der Waals surface area contributed by atoms with Crippen molar-refractivity contribution in [3.63, 3.8) is 0 Å². The fraction of sp³-hybridized carbons (Fsp3) is 0.200. The van der Waals surface area contributed by atoms with Gasteiger partial charge in [-0.2, -0.15) is 0 Å². The average molecular weight is 480 g/mol. The van der Waals surface area contributed by atoms with Crippen LogP contribution in [-0.2, 0) is 9.53 Å². The third-order valence-electron chi connectivity index (χ3n) is 4.54. The molecule has 0 unspecified atom stereocenters. The summed E-state index contributed by atoms with van der Waals surface area (Å²) < 4.78 is 21.9. The van der Waals surface area contributed by atoms with Crippen molar-refractivity contribution in [1.82, 2.24) is 0 Å². The number of carbonyl (C=O) groups is 2. The molecule has 0 aliphatic carbocycles. The molecule has 1 N–H and O–H groups in total. The Kier molecular flexibility index (Phi) is 9.00. The lowest BCUT2D eigenvalue weighted by molar-refractivity contribution is -0.383. The maximum absolute atomic E-state index is 12.4. The molecule has 0 atom stereocenters. The Bertz CT molecular complexity index is 1170. The number of carbonyl (C=O) groups excluding carboxylic acids is 2. The van der Waals surface area contributed by atoms with E-state index in [1.807, 2.05) is 30.3 Å². The van der Waals surface area contributed by atoms with Gasteiger partial charge in [0.15, 0.2) is 18.1 Å². The van der Waals surface area contributed by atoms with Crippen molar-refractivity contribution in [1.29, 1.82) is 0 Å². The van der Waals surface area contributed by atoms with Crippen LogP contribution in [-0.4, -0.2) is 43.2 Å². The van der Waals surface area contributed by atoms with Crippen LogP contribution < -0.4 is 19.5 Å². The van der Waals surface area contributed by atoms with Crippen LogP contribution in [0.4, 0.5) is 11.4 Å². The SMILES string of the molecule is CCOc1cc(C(=O)OCC(=O)Nc2ccccc2[N+](=O)[O-])ccc1OCCOc1ccccc1. The van der Waals surface area contributed by atoms with Crippen LogP contribution in [0.2, 0.25) is 0 Å². The third kappa shape index (κ3) is 7.46. The number of hydrogen-bond acceptors (Lipinski definition) is 8. The topological polar surface area (TPSA) is 126 Å². The van der Waals surface area contributed by atoms with Crippen LogP contribution in [0.5, 0.6) is 17.2 Å². The molecule has 0 aliphatic rings. The molecule has 3 aromatic carbocycles. The Labute approximate surface area is 201 Å². The maximum Gasteiger partial charge on any atom is 0.338 e. The van der Waals surface area contributed by atoms with Gasteiger partial charge in [-0.25, -0.2) is 4.79 Å². The van der Waals surface area contributed by atoms with Gasteiger partial charge in [-0.15, -0.1) is 0 Å². The number of hydrogen-bond donors (Lipinski definition) is 1. The molecule has 0 bridgehead atoms. The lowest BCUT2D eigenvalue weighted by Gasteiger charge is -2.14. The van der Waals surface area contributed by atoms with Gasteiger partial charge < -0.3 is 24.3 Å². The van der Waals surface area contributed by atoms with E-state index in [4.69, 9.17) is 18.9 Å². The average Bonchev–Trinajstić information content (AvgIpc) is 2.87. The molecule has 10 heteroatoms. The summed E-state index contributed by atoms with van der Waals surface area (Å²) in [5.74, 6) is 0.0176. The van der Waals surface area contributed by atoms with Crippen molar-refractivity contribution in [2.75, 3.05) is 31.7 Å². The molecule has 0 radical (unpaired) electrons.